The van der Waals surface area contributed by atoms with Crippen LogP contribution in [0.5, 0.6) is 0 Å². The fraction of sp³-hybridized carbons (Fsp3) is 0.667. The van der Waals surface area contributed by atoms with Crippen molar-refractivity contribution in [1.82, 2.24) is 4.72 Å². The topological polar surface area (TPSA) is 66.5 Å². The first-order chi connectivity index (χ1) is 12.6. The summed E-state index contributed by atoms with van der Waals surface area (Å²) in [5, 5.41) is 0. The summed E-state index contributed by atoms with van der Waals surface area (Å²) < 4.78 is 28.6. The van der Waals surface area contributed by atoms with Gasteiger partial charge in [-0.1, -0.05) is 27.2 Å². The Morgan fingerprint density at radius 2 is 1.89 bits per heavy atom. The van der Waals surface area contributed by atoms with E-state index in [1.807, 2.05) is 0 Å². The number of carbonyl (C=O) groups is 1. The number of benzene rings is 1. The zero-order valence-corrected chi connectivity index (χ0v) is 17.7. The van der Waals surface area contributed by atoms with Crippen LogP contribution in [0.2, 0.25) is 0 Å². The van der Waals surface area contributed by atoms with Gasteiger partial charge in [0.05, 0.1) is 4.90 Å². The number of hydrogen-bond donors (Lipinski definition) is 1. The third-order valence-corrected chi connectivity index (χ3v) is 8.22. The van der Waals surface area contributed by atoms with Crippen molar-refractivity contribution >= 4 is 21.6 Å². The van der Waals surface area contributed by atoms with E-state index in [0.29, 0.717) is 29.2 Å². The van der Waals surface area contributed by atoms with Gasteiger partial charge in [0.1, 0.15) is 0 Å². The summed E-state index contributed by atoms with van der Waals surface area (Å²) >= 11 is 0. The summed E-state index contributed by atoms with van der Waals surface area (Å²) in [5.41, 5.74) is 2.09. The molecule has 1 amide bonds. The van der Waals surface area contributed by atoms with Crippen molar-refractivity contribution in [2.75, 3.05) is 11.4 Å². The van der Waals surface area contributed by atoms with Crippen LogP contribution in [0.4, 0.5) is 5.69 Å². The minimum atomic E-state index is -3.53. The number of carbonyl (C=O) groups excluding carboxylic acids is 1. The van der Waals surface area contributed by atoms with Gasteiger partial charge >= 0.3 is 0 Å². The smallest absolute Gasteiger partial charge is 0.240 e. The molecule has 2 aliphatic rings. The first-order valence-electron chi connectivity index (χ1n) is 10.1. The van der Waals surface area contributed by atoms with E-state index < -0.39 is 10.0 Å². The fourth-order valence-corrected chi connectivity index (χ4v) is 5.80. The lowest BCUT2D eigenvalue weighted by Gasteiger charge is -2.39. The second-order valence-corrected chi connectivity index (χ2v) is 10.4. The highest BCUT2D eigenvalue weighted by atomic mass is 32.2. The van der Waals surface area contributed by atoms with E-state index in [9.17, 15) is 13.2 Å². The molecule has 5 nitrogen and oxygen atoms in total. The first kappa shape index (κ1) is 20.3. The van der Waals surface area contributed by atoms with E-state index in [4.69, 9.17) is 0 Å². The molecule has 1 heterocycles. The number of hydrogen-bond acceptors (Lipinski definition) is 3. The van der Waals surface area contributed by atoms with Crippen molar-refractivity contribution < 1.29 is 13.2 Å². The van der Waals surface area contributed by atoms with E-state index in [2.05, 4.69) is 25.5 Å². The summed E-state index contributed by atoms with van der Waals surface area (Å²) in [4.78, 5) is 13.7. The molecular weight excluding hydrogens is 360 g/mol. The highest BCUT2D eigenvalue weighted by Gasteiger charge is 2.33. The molecule has 0 unspecified atom stereocenters. The monoisotopic (exact) mass is 392 g/mol. The van der Waals surface area contributed by atoms with Gasteiger partial charge in [-0.3, -0.25) is 4.79 Å². The molecule has 0 spiro atoms. The van der Waals surface area contributed by atoms with Gasteiger partial charge in [-0.15, -0.1) is 0 Å². The molecule has 27 heavy (non-hydrogen) atoms. The number of amides is 1. The maximum Gasteiger partial charge on any atom is 0.240 e. The minimum absolute atomic E-state index is 0.00533. The van der Waals surface area contributed by atoms with Gasteiger partial charge < -0.3 is 4.90 Å². The summed E-state index contributed by atoms with van der Waals surface area (Å²) in [6.45, 7) is 9.03. The van der Waals surface area contributed by atoms with Gasteiger partial charge in [0.2, 0.25) is 15.9 Å². The van der Waals surface area contributed by atoms with E-state index in [-0.39, 0.29) is 11.9 Å². The molecule has 0 saturated heterocycles. The standard InChI is InChI=1S/C21H32N2O3S/c1-5-21(3,4)17-6-8-18(9-7-17)22-27(25,26)19-10-11-20-16(14-19)12-13-23(20)15(2)24/h10-11,14,17-18,22H,5-9,12-13H2,1-4H3. The van der Waals surface area contributed by atoms with Gasteiger partial charge in [0, 0.05) is 25.2 Å². The molecule has 1 aromatic carbocycles. The average Bonchev–Trinajstić information content (AvgIpc) is 3.05. The second-order valence-electron chi connectivity index (χ2n) is 8.72. The number of anilines is 1. The normalized spacial score (nSPS) is 23.3. The second kappa shape index (κ2) is 7.55. The van der Waals surface area contributed by atoms with Crippen LogP contribution in [0, 0.1) is 11.3 Å². The quantitative estimate of drug-likeness (QED) is 0.827. The van der Waals surface area contributed by atoms with Crippen LogP contribution in [0.3, 0.4) is 0 Å². The van der Waals surface area contributed by atoms with E-state index >= 15 is 0 Å². The van der Waals surface area contributed by atoms with Crippen LogP contribution in [0.25, 0.3) is 0 Å². The van der Waals surface area contributed by atoms with Gasteiger partial charge in [-0.2, -0.15) is 0 Å². The first-order valence-corrected chi connectivity index (χ1v) is 11.6. The molecule has 0 bridgehead atoms. The molecule has 1 N–H and O–H groups in total. The van der Waals surface area contributed by atoms with E-state index in [1.165, 1.54) is 6.92 Å². The number of nitrogens with one attached hydrogen (secondary N) is 1. The Bertz CT molecular complexity index is 809. The maximum atomic E-state index is 12.9. The minimum Gasteiger partial charge on any atom is -0.312 e. The molecule has 1 aliphatic carbocycles. The number of sulfonamides is 1. The molecule has 6 heteroatoms. The molecule has 1 aromatic rings. The van der Waals surface area contributed by atoms with Crippen LogP contribution in [-0.4, -0.2) is 26.9 Å². The summed E-state index contributed by atoms with van der Waals surface area (Å²) in [6, 6.07) is 5.13. The predicted octanol–water partition coefficient (Wildman–Crippen LogP) is 3.87. The number of rotatable bonds is 5. The lowest BCUT2D eigenvalue weighted by Crippen LogP contribution is -2.39. The molecule has 0 radical (unpaired) electrons. The lowest BCUT2D eigenvalue weighted by molar-refractivity contribution is -0.116. The van der Waals surface area contributed by atoms with Crippen molar-refractivity contribution in [2.45, 2.75) is 77.2 Å². The molecule has 1 aliphatic heterocycles. The Labute approximate surface area is 163 Å². The molecule has 150 valence electrons. The third kappa shape index (κ3) is 4.21. The Hall–Kier alpha value is -1.40. The molecule has 1 fully saturated rings. The Morgan fingerprint density at radius 1 is 1.22 bits per heavy atom. The average molecular weight is 393 g/mol. The van der Waals surface area contributed by atoms with Gasteiger partial charge in [-0.25, -0.2) is 13.1 Å². The van der Waals surface area contributed by atoms with E-state index in [1.54, 1.807) is 23.1 Å². The van der Waals surface area contributed by atoms with Gasteiger partial charge in [0.15, 0.2) is 0 Å². The van der Waals surface area contributed by atoms with Crippen LogP contribution in [0.1, 0.15) is 65.4 Å². The fourth-order valence-electron chi connectivity index (χ4n) is 4.44. The summed E-state index contributed by atoms with van der Waals surface area (Å²) in [6.07, 6.45) is 5.81. The van der Waals surface area contributed by atoms with Crippen LogP contribution >= 0.6 is 0 Å². The van der Waals surface area contributed by atoms with Gasteiger partial charge in [0.25, 0.3) is 0 Å². The third-order valence-electron chi connectivity index (χ3n) is 6.70. The largest absolute Gasteiger partial charge is 0.312 e. The van der Waals surface area contributed by atoms with Crippen LogP contribution in [-0.2, 0) is 21.2 Å². The van der Waals surface area contributed by atoms with Crippen molar-refractivity contribution in [3.05, 3.63) is 23.8 Å². The highest BCUT2D eigenvalue weighted by Crippen LogP contribution is 2.40. The summed E-state index contributed by atoms with van der Waals surface area (Å²) in [5.74, 6) is 0.662. The zero-order valence-electron chi connectivity index (χ0n) is 16.9. The van der Waals surface area contributed by atoms with Gasteiger partial charge in [-0.05, 0) is 67.2 Å². The Morgan fingerprint density at radius 3 is 2.48 bits per heavy atom. The van der Waals surface area contributed by atoms with Crippen LogP contribution in [0.15, 0.2) is 23.1 Å². The van der Waals surface area contributed by atoms with Crippen molar-refractivity contribution in [3.63, 3.8) is 0 Å². The van der Waals surface area contributed by atoms with Crippen molar-refractivity contribution in [3.8, 4) is 0 Å². The highest BCUT2D eigenvalue weighted by molar-refractivity contribution is 7.89. The molecule has 0 atom stereocenters. The van der Waals surface area contributed by atoms with E-state index in [0.717, 1.165) is 43.4 Å². The predicted molar refractivity (Wildman–Crippen MR) is 108 cm³/mol. The maximum absolute atomic E-state index is 12.9. The Kier molecular flexibility index (Phi) is 5.69. The summed E-state index contributed by atoms with van der Waals surface area (Å²) in [7, 11) is -3.53. The molecular formula is C21H32N2O3S. The number of fused-ring (bicyclic) bond motifs is 1. The Balaban J connectivity index is 1.67. The van der Waals surface area contributed by atoms with Crippen molar-refractivity contribution in [2.24, 2.45) is 11.3 Å². The number of nitrogens with zero attached hydrogens (tertiary/aromatic N) is 1. The molecule has 0 aromatic heterocycles. The lowest BCUT2D eigenvalue weighted by atomic mass is 9.69. The van der Waals surface area contributed by atoms with Crippen LogP contribution < -0.4 is 9.62 Å². The molecule has 3 rings (SSSR count). The van der Waals surface area contributed by atoms with Crippen molar-refractivity contribution in [1.29, 1.82) is 0 Å². The molecule has 1 saturated carbocycles. The SMILES string of the molecule is CCC(C)(C)C1CCC(NS(=O)(=O)c2ccc3c(c2)CCN3C(C)=O)CC1. The zero-order chi connectivity index (χ0) is 19.8.